The largest absolute Gasteiger partial charge is 0.322 e. The van der Waals surface area contributed by atoms with Gasteiger partial charge in [0, 0.05) is 24.3 Å². The summed E-state index contributed by atoms with van der Waals surface area (Å²) in [5.41, 5.74) is 2.97. The number of carbonyl (C=O) groups excluding carboxylic acids is 1. The number of hydrogen-bond donors (Lipinski definition) is 1. The first-order valence-electron chi connectivity index (χ1n) is 6.46. The van der Waals surface area contributed by atoms with Gasteiger partial charge in [0.15, 0.2) is 0 Å². The Bertz CT molecular complexity index is 630. The van der Waals surface area contributed by atoms with Crippen molar-refractivity contribution in [2.75, 3.05) is 11.9 Å². The van der Waals surface area contributed by atoms with Gasteiger partial charge >= 0.3 is 6.03 Å². The summed E-state index contributed by atoms with van der Waals surface area (Å²) in [7, 11) is 0. The molecule has 2 aromatic rings. The second-order valence-corrected chi connectivity index (χ2v) is 5.13. The summed E-state index contributed by atoms with van der Waals surface area (Å²) in [6.45, 7) is 1.25. The van der Waals surface area contributed by atoms with Gasteiger partial charge in [0.1, 0.15) is 0 Å². The highest BCUT2D eigenvalue weighted by Gasteiger charge is 2.21. The number of anilines is 1. The van der Waals surface area contributed by atoms with Gasteiger partial charge in [-0.1, -0.05) is 23.7 Å². The molecule has 0 fully saturated rings. The highest BCUT2D eigenvalue weighted by Crippen LogP contribution is 2.26. The summed E-state index contributed by atoms with van der Waals surface area (Å²) in [5, 5.41) is 3.64. The van der Waals surface area contributed by atoms with Crippen molar-refractivity contribution in [1.82, 2.24) is 9.88 Å². The third-order valence-electron chi connectivity index (χ3n) is 3.41. The predicted molar refractivity (Wildman–Crippen MR) is 78.8 cm³/mol. The first-order chi connectivity index (χ1) is 9.74. The number of pyridine rings is 1. The Morgan fingerprint density at radius 3 is 3.00 bits per heavy atom. The van der Waals surface area contributed by atoms with E-state index in [9.17, 15) is 4.79 Å². The number of amides is 2. The van der Waals surface area contributed by atoms with Crippen LogP contribution >= 0.6 is 11.6 Å². The summed E-state index contributed by atoms with van der Waals surface area (Å²) in [5.74, 6) is 0. The van der Waals surface area contributed by atoms with Crippen LogP contribution in [-0.2, 0) is 13.0 Å². The van der Waals surface area contributed by atoms with Crippen molar-refractivity contribution >= 4 is 23.3 Å². The Balaban J connectivity index is 1.72. The Hall–Kier alpha value is -2.07. The molecule has 3 rings (SSSR count). The van der Waals surface area contributed by atoms with Crippen molar-refractivity contribution in [2.45, 2.75) is 13.0 Å². The van der Waals surface area contributed by atoms with Gasteiger partial charge in [-0.05, 0) is 35.7 Å². The molecule has 0 atom stereocenters. The van der Waals surface area contributed by atoms with Gasteiger partial charge in [-0.25, -0.2) is 4.79 Å². The summed E-state index contributed by atoms with van der Waals surface area (Å²) in [6.07, 6.45) is 4.09. The van der Waals surface area contributed by atoms with Gasteiger partial charge in [-0.15, -0.1) is 0 Å². The van der Waals surface area contributed by atoms with E-state index in [4.69, 9.17) is 11.6 Å². The van der Waals surface area contributed by atoms with Gasteiger partial charge < -0.3 is 10.2 Å². The maximum atomic E-state index is 12.2. The number of benzene rings is 1. The number of nitrogens with zero attached hydrogens (tertiary/aromatic N) is 2. The standard InChI is InChI=1S/C15H14ClN3O/c16-14-5-1-3-11-10-19(8-6-13(11)14)15(20)18-12-4-2-7-17-9-12/h1-5,7,9H,6,8,10H2,(H,18,20). The predicted octanol–water partition coefficient (Wildman–Crippen LogP) is 3.33. The van der Waals surface area contributed by atoms with Crippen LogP contribution < -0.4 is 5.32 Å². The molecule has 0 spiro atoms. The average molecular weight is 288 g/mol. The van der Waals surface area contributed by atoms with Crippen molar-refractivity contribution in [3.05, 3.63) is 58.9 Å². The second kappa shape index (κ2) is 5.51. The fourth-order valence-electron chi connectivity index (χ4n) is 2.38. The van der Waals surface area contributed by atoms with Crippen molar-refractivity contribution in [1.29, 1.82) is 0 Å². The molecular weight excluding hydrogens is 274 g/mol. The van der Waals surface area contributed by atoms with Crippen LogP contribution in [-0.4, -0.2) is 22.5 Å². The number of hydrogen-bond acceptors (Lipinski definition) is 2. The molecule has 4 nitrogen and oxygen atoms in total. The van der Waals surface area contributed by atoms with E-state index in [1.807, 2.05) is 24.3 Å². The first-order valence-corrected chi connectivity index (χ1v) is 6.84. The Morgan fingerprint density at radius 1 is 1.30 bits per heavy atom. The average Bonchev–Trinajstić information content (AvgIpc) is 2.48. The highest BCUT2D eigenvalue weighted by molar-refractivity contribution is 6.31. The fraction of sp³-hybridized carbons (Fsp3) is 0.200. The maximum Gasteiger partial charge on any atom is 0.322 e. The maximum absolute atomic E-state index is 12.2. The first kappa shape index (κ1) is 12.9. The van der Waals surface area contributed by atoms with E-state index in [-0.39, 0.29) is 6.03 Å². The van der Waals surface area contributed by atoms with Crippen molar-refractivity contribution in [2.24, 2.45) is 0 Å². The zero-order valence-corrected chi connectivity index (χ0v) is 11.6. The molecule has 0 saturated heterocycles. The molecule has 0 saturated carbocycles. The third-order valence-corrected chi connectivity index (χ3v) is 3.76. The number of urea groups is 1. The van der Waals surface area contributed by atoms with Crippen molar-refractivity contribution in [3.63, 3.8) is 0 Å². The molecule has 0 aliphatic carbocycles. The molecule has 1 aromatic heterocycles. The highest BCUT2D eigenvalue weighted by atomic mass is 35.5. The number of carbonyl (C=O) groups is 1. The van der Waals surface area contributed by atoms with Crippen LogP contribution in [0.5, 0.6) is 0 Å². The van der Waals surface area contributed by atoms with E-state index in [2.05, 4.69) is 10.3 Å². The number of fused-ring (bicyclic) bond motifs is 1. The molecule has 1 aromatic carbocycles. The molecule has 0 bridgehead atoms. The summed E-state index contributed by atoms with van der Waals surface area (Å²) >= 11 is 6.17. The van der Waals surface area contributed by atoms with Gasteiger partial charge in [0.05, 0.1) is 11.9 Å². The van der Waals surface area contributed by atoms with Gasteiger partial charge in [-0.2, -0.15) is 0 Å². The van der Waals surface area contributed by atoms with Crippen LogP contribution in [0.15, 0.2) is 42.7 Å². The summed E-state index contributed by atoms with van der Waals surface area (Å²) in [4.78, 5) is 18.0. The third kappa shape index (κ3) is 2.60. The smallest absolute Gasteiger partial charge is 0.320 e. The molecule has 5 heteroatoms. The molecule has 1 N–H and O–H groups in total. The molecule has 2 amide bonds. The lowest BCUT2D eigenvalue weighted by Gasteiger charge is -2.29. The molecule has 0 unspecified atom stereocenters. The molecule has 0 radical (unpaired) electrons. The van der Waals surface area contributed by atoms with Crippen LogP contribution in [0.4, 0.5) is 10.5 Å². The number of rotatable bonds is 1. The lowest BCUT2D eigenvalue weighted by atomic mass is 10.00. The van der Waals surface area contributed by atoms with Crippen LogP contribution in [0, 0.1) is 0 Å². The van der Waals surface area contributed by atoms with E-state index >= 15 is 0 Å². The molecule has 2 heterocycles. The number of aromatic nitrogens is 1. The van der Waals surface area contributed by atoms with Crippen LogP contribution in [0.3, 0.4) is 0 Å². The van der Waals surface area contributed by atoms with Crippen molar-refractivity contribution < 1.29 is 4.79 Å². The van der Waals surface area contributed by atoms with Crippen LogP contribution in [0.2, 0.25) is 5.02 Å². The minimum Gasteiger partial charge on any atom is -0.320 e. The van der Waals surface area contributed by atoms with E-state index in [0.717, 1.165) is 22.6 Å². The molecule has 1 aliphatic rings. The molecule has 20 heavy (non-hydrogen) atoms. The molecule has 102 valence electrons. The van der Waals surface area contributed by atoms with E-state index in [1.54, 1.807) is 23.4 Å². The molecular formula is C15H14ClN3O. The Kier molecular flexibility index (Phi) is 3.56. The van der Waals surface area contributed by atoms with E-state index < -0.39 is 0 Å². The lowest BCUT2D eigenvalue weighted by Crippen LogP contribution is -2.38. The zero-order valence-electron chi connectivity index (χ0n) is 10.8. The fourth-order valence-corrected chi connectivity index (χ4v) is 2.66. The van der Waals surface area contributed by atoms with E-state index in [1.165, 1.54) is 0 Å². The number of halogens is 1. The number of nitrogens with one attached hydrogen (secondary N) is 1. The van der Waals surface area contributed by atoms with Crippen LogP contribution in [0.1, 0.15) is 11.1 Å². The Labute approximate surface area is 122 Å². The monoisotopic (exact) mass is 287 g/mol. The van der Waals surface area contributed by atoms with Crippen LogP contribution in [0.25, 0.3) is 0 Å². The zero-order chi connectivity index (χ0) is 13.9. The van der Waals surface area contributed by atoms with E-state index in [0.29, 0.717) is 18.8 Å². The minimum absolute atomic E-state index is 0.108. The minimum atomic E-state index is -0.108. The second-order valence-electron chi connectivity index (χ2n) is 4.72. The Morgan fingerprint density at radius 2 is 2.20 bits per heavy atom. The summed E-state index contributed by atoms with van der Waals surface area (Å²) < 4.78 is 0. The summed E-state index contributed by atoms with van der Waals surface area (Å²) in [6, 6.07) is 9.34. The van der Waals surface area contributed by atoms with Crippen molar-refractivity contribution in [3.8, 4) is 0 Å². The quantitative estimate of drug-likeness (QED) is 0.874. The van der Waals surface area contributed by atoms with Gasteiger partial charge in [-0.3, -0.25) is 4.98 Å². The van der Waals surface area contributed by atoms with Gasteiger partial charge in [0.25, 0.3) is 0 Å². The van der Waals surface area contributed by atoms with Gasteiger partial charge in [0.2, 0.25) is 0 Å². The lowest BCUT2D eigenvalue weighted by molar-refractivity contribution is 0.206. The topological polar surface area (TPSA) is 45.2 Å². The molecule has 1 aliphatic heterocycles. The SMILES string of the molecule is O=C(Nc1cccnc1)N1CCc2c(Cl)cccc2C1. The normalized spacial score (nSPS) is 13.8.